The van der Waals surface area contributed by atoms with Crippen LogP contribution in [0.3, 0.4) is 0 Å². The maximum atomic E-state index is 11.2. The Morgan fingerprint density at radius 2 is 2.23 bits per heavy atom. The van der Waals surface area contributed by atoms with Crippen molar-refractivity contribution in [2.24, 2.45) is 11.8 Å². The number of carboxylic acids is 1. The molecular formula is C17H24ClNO3. The number of aliphatic carboxylic acids is 1. The average molecular weight is 326 g/mol. The summed E-state index contributed by atoms with van der Waals surface area (Å²) in [7, 11) is 0. The SMILES string of the molecule is C=CCOc1ccc(CNCC(CC(C)C)C(=O)O)cc1Cl. The molecule has 0 heterocycles. The zero-order chi connectivity index (χ0) is 16.5. The quantitative estimate of drug-likeness (QED) is 0.643. The van der Waals surface area contributed by atoms with Gasteiger partial charge in [-0.1, -0.05) is 44.2 Å². The molecule has 0 aliphatic carbocycles. The summed E-state index contributed by atoms with van der Waals surface area (Å²) >= 11 is 6.14. The van der Waals surface area contributed by atoms with Gasteiger partial charge in [0.05, 0.1) is 10.9 Å². The van der Waals surface area contributed by atoms with E-state index in [-0.39, 0.29) is 5.92 Å². The molecular weight excluding hydrogens is 302 g/mol. The molecule has 4 nitrogen and oxygen atoms in total. The molecule has 1 atom stereocenters. The summed E-state index contributed by atoms with van der Waals surface area (Å²) in [4.78, 5) is 11.2. The molecule has 0 aromatic heterocycles. The predicted molar refractivity (Wildman–Crippen MR) is 89.4 cm³/mol. The van der Waals surface area contributed by atoms with E-state index in [9.17, 15) is 9.90 Å². The molecule has 0 amide bonds. The van der Waals surface area contributed by atoms with Crippen LogP contribution in [0.2, 0.25) is 5.02 Å². The second kappa shape index (κ2) is 9.49. The minimum absolute atomic E-state index is 0.360. The van der Waals surface area contributed by atoms with Crippen LogP contribution < -0.4 is 10.1 Å². The summed E-state index contributed by atoms with van der Waals surface area (Å²) in [5.74, 6) is -0.148. The lowest BCUT2D eigenvalue weighted by Crippen LogP contribution is -2.29. The zero-order valence-electron chi connectivity index (χ0n) is 13.1. The van der Waals surface area contributed by atoms with E-state index in [4.69, 9.17) is 16.3 Å². The summed E-state index contributed by atoms with van der Waals surface area (Å²) in [6.45, 7) is 9.07. The third-order valence-corrected chi connectivity index (χ3v) is 3.47. The number of halogens is 1. The van der Waals surface area contributed by atoms with Crippen LogP contribution in [-0.4, -0.2) is 24.2 Å². The van der Waals surface area contributed by atoms with E-state index >= 15 is 0 Å². The van der Waals surface area contributed by atoms with Gasteiger partial charge in [0, 0.05) is 13.1 Å². The van der Waals surface area contributed by atoms with E-state index in [1.54, 1.807) is 6.08 Å². The van der Waals surface area contributed by atoms with Gasteiger partial charge in [-0.3, -0.25) is 4.79 Å². The van der Waals surface area contributed by atoms with Crippen LogP contribution >= 0.6 is 11.6 Å². The molecule has 0 bridgehead atoms. The Kier molecular flexibility index (Phi) is 7.99. The van der Waals surface area contributed by atoms with Gasteiger partial charge in [-0.15, -0.1) is 0 Å². The topological polar surface area (TPSA) is 58.6 Å². The molecule has 0 aliphatic rings. The number of hydrogen-bond acceptors (Lipinski definition) is 3. The summed E-state index contributed by atoms with van der Waals surface area (Å²) in [5.41, 5.74) is 0.990. The highest BCUT2D eigenvalue weighted by molar-refractivity contribution is 6.32. The standard InChI is InChI=1S/C17H24ClNO3/c1-4-7-22-16-6-5-13(9-15(16)18)10-19-11-14(17(20)21)8-12(2)3/h4-6,9,12,14,19H,1,7-8,10-11H2,2-3H3,(H,20,21). The molecule has 1 rings (SSSR count). The monoisotopic (exact) mass is 325 g/mol. The Bertz CT molecular complexity index is 503. The van der Waals surface area contributed by atoms with Crippen LogP contribution in [0, 0.1) is 11.8 Å². The first-order valence-electron chi connectivity index (χ1n) is 7.39. The van der Waals surface area contributed by atoms with Gasteiger partial charge in [0.25, 0.3) is 0 Å². The van der Waals surface area contributed by atoms with Crippen LogP contribution in [0.4, 0.5) is 0 Å². The molecule has 5 heteroatoms. The largest absolute Gasteiger partial charge is 0.488 e. The van der Waals surface area contributed by atoms with Gasteiger partial charge >= 0.3 is 5.97 Å². The smallest absolute Gasteiger partial charge is 0.307 e. The molecule has 122 valence electrons. The molecule has 0 spiro atoms. The minimum Gasteiger partial charge on any atom is -0.488 e. The van der Waals surface area contributed by atoms with E-state index in [1.165, 1.54) is 0 Å². The summed E-state index contributed by atoms with van der Waals surface area (Å²) in [5, 5.41) is 12.9. The third kappa shape index (κ3) is 6.50. The Morgan fingerprint density at radius 1 is 1.50 bits per heavy atom. The zero-order valence-corrected chi connectivity index (χ0v) is 13.9. The van der Waals surface area contributed by atoms with Gasteiger partial charge in [0.15, 0.2) is 0 Å². The van der Waals surface area contributed by atoms with Crippen LogP contribution in [0.15, 0.2) is 30.9 Å². The van der Waals surface area contributed by atoms with E-state index in [1.807, 2.05) is 32.0 Å². The van der Waals surface area contributed by atoms with Crippen LogP contribution in [0.5, 0.6) is 5.75 Å². The average Bonchev–Trinajstić information content (AvgIpc) is 2.44. The number of ether oxygens (including phenoxy) is 1. The first-order chi connectivity index (χ1) is 10.4. The Balaban J connectivity index is 2.51. The van der Waals surface area contributed by atoms with Crippen molar-refractivity contribution in [3.05, 3.63) is 41.4 Å². The van der Waals surface area contributed by atoms with Gasteiger partial charge in [-0.2, -0.15) is 0 Å². The first kappa shape index (κ1) is 18.5. The number of rotatable bonds is 10. The fourth-order valence-electron chi connectivity index (χ4n) is 2.15. The highest BCUT2D eigenvalue weighted by Crippen LogP contribution is 2.25. The molecule has 0 radical (unpaired) electrons. The van der Waals surface area contributed by atoms with Gasteiger partial charge in [0.2, 0.25) is 0 Å². The second-order valence-electron chi connectivity index (χ2n) is 5.66. The number of nitrogens with one attached hydrogen (secondary N) is 1. The van der Waals surface area contributed by atoms with Crippen molar-refractivity contribution in [2.75, 3.05) is 13.2 Å². The number of benzene rings is 1. The fraction of sp³-hybridized carbons (Fsp3) is 0.471. The Hall–Kier alpha value is -1.52. The molecule has 0 saturated carbocycles. The number of hydrogen-bond donors (Lipinski definition) is 2. The molecule has 0 saturated heterocycles. The van der Waals surface area contributed by atoms with Crippen LogP contribution in [0.1, 0.15) is 25.8 Å². The molecule has 0 fully saturated rings. The van der Waals surface area contributed by atoms with E-state index in [0.717, 1.165) is 5.56 Å². The highest BCUT2D eigenvalue weighted by atomic mass is 35.5. The lowest BCUT2D eigenvalue weighted by Gasteiger charge is -2.15. The second-order valence-corrected chi connectivity index (χ2v) is 6.07. The molecule has 1 aromatic carbocycles. The normalized spacial score (nSPS) is 12.2. The molecule has 22 heavy (non-hydrogen) atoms. The van der Waals surface area contributed by atoms with E-state index in [2.05, 4.69) is 11.9 Å². The van der Waals surface area contributed by atoms with Crippen molar-refractivity contribution in [3.63, 3.8) is 0 Å². The van der Waals surface area contributed by atoms with Crippen molar-refractivity contribution >= 4 is 17.6 Å². The summed E-state index contributed by atoms with van der Waals surface area (Å²) in [6, 6.07) is 5.55. The maximum Gasteiger partial charge on any atom is 0.307 e. The van der Waals surface area contributed by atoms with Crippen molar-refractivity contribution < 1.29 is 14.6 Å². The number of carboxylic acid groups (broad SMARTS) is 1. The van der Waals surface area contributed by atoms with Gasteiger partial charge in [-0.05, 0) is 30.0 Å². The van der Waals surface area contributed by atoms with E-state index < -0.39 is 5.97 Å². The molecule has 1 unspecified atom stereocenters. The van der Waals surface area contributed by atoms with Gasteiger partial charge < -0.3 is 15.2 Å². The first-order valence-corrected chi connectivity index (χ1v) is 7.77. The lowest BCUT2D eigenvalue weighted by atomic mass is 9.97. The lowest BCUT2D eigenvalue weighted by molar-refractivity contribution is -0.142. The maximum absolute atomic E-state index is 11.2. The Labute approximate surface area is 137 Å². The summed E-state index contributed by atoms with van der Waals surface area (Å²) in [6.07, 6.45) is 2.32. The minimum atomic E-state index is -0.757. The van der Waals surface area contributed by atoms with Gasteiger partial charge in [0.1, 0.15) is 12.4 Å². The van der Waals surface area contributed by atoms with Crippen LogP contribution in [0.25, 0.3) is 0 Å². The Morgan fingerprint density at radius 3 is 2.77 bits per heavy atom. The van der Waals surface area contributed by atoms with Crippen molar-refractivity contribution in [2.45, 2.75) is 26.8 Å². The predicted octanol–water partition coefficient (Wildman–Crippen LogP) is 3.74. The van der Waals surface area contributed by atoms with E-state index in [0.29, 0.717) is 42.8 Å². The molecule has 2 N–H and O–H groups in total. The third-order valence-electron chi connectivity index (χ3n) is 3.18. The van der Waals surface area contributed by atoms with Crippen LogP contribution in [-0.2, 0) is 11.3 Å². The molecule has 0 aliphatic heterocycles. The van der Waals surface area contributed by atoms with Crippen molar-refractivity contribution in [1.82, 2.24) is 5.32 Å². The number of carbonyl (C=O) groups is 1. The highest BCUT2D eigenvalue weighted by Gasteiger charge is 2.18. The molecule has 1 aromatic rings. The van der Waals surface area contributed by atoms with Crippen molar-refractivity contribution in [3.8, 4) is 5.75 Å². The van der Waals surface area contributed by atoms with Gasteiger partial charge in [-0.25, -0.2) is 0 Å². The fourth-order valence-corrected chi connectivity index (χ4v) is 2.41. The summed E-state index contributed by atoms with van der Waals surface area (Å²) < 4.78 is 5.41. The van der Waals surface area contributed by atoms with Crippen molar-refractivity contribution in [1.29, 1.82) is 0 Å².